The molecule has 2 aromatic carbocycles. The Morgan fingerprint density at radius 1 is 1.12 bits per heavy atom. The van der Waals surface area contributed by atoms with E-state index < -0.39 is 11.7 Å². The summed E-state index contributed by atoms with van der Waals surface area (Å²) in [5, 5.41) is 8.49. The number of rotatable bonds is 6. The van der Waals surface area contributed by atoms with Crippen LogP contribution in [0.15, 0.2) is 47.0 Å². The van der Waals surface area contributed by atoms with Crippen molar-refractivity contribution in [3.63, 3.8) is 0 Å². The first kappa shape index (κ1) is 23.0. The second-order valence-electron chi connectivity index (χ2n) is 8.08. The number of aryl methyl sites for hydroxylation is 2. The second-order valence-corrected chi connectivity index (χ2v) is 9.16. The molecule has 4 rings (SSSR count). The number of nitrogens with one attached hydrogen (secondary N) is 1. The number of alkyl halides is 3. The van der Waals surface area contributed by atoms with Gasteiger partial charge in [-0.15, -0.1) is 11.3 Å². The van der Waals surface area contributed by atoms with E-state index in [-0.39, 0.29) is 11.8 Å². The van der Waals surface area contributed by atoms with Crippen LogP contribution in [0.4, 0.5) is 18.9 Å². The minimum atomic E-state index is -4.36. The zero-order valence-electron chi connectivity index (χ0n) is 18.3. The van der Waals surface area contributed by atoms with Gasteiger partial charge in [0.05, 0.1) is 17.0 Å². The number of halogens is 3. The Hall–Kier alpha value is -3.20. The third-order valence-corrected chi connectivity index (χ3v) is 6.37. The van der Waals surface area contributed by atoms with Gasteiger partial charge in [0.15, 0.2) is 5.58 Å². The summed E-state index contributed by atoms with van der Waals surface area (Å²) < 4.78 is 44.1. The third-order valence-electron chi connectivity index (χ3n) is 5.19. The standard InChI is InChI=1S/C24H22F3N3O2S/c1-13(2)22-21(33-23(29-22)15-4-6-16(7-5-15)24(25,26)27)11-10-19-18-9-8-17(28-14(3)31)12-20(18)32-30-19/h4-9,12-13H,10-11H2,1-3H3,(H,28,31). The third kappa shape index (κ3) is 5.08. The van der Waals surface area contributed by atoms with Crippen LogP contribution in [0.2, 0.25) is 0 Å². The Morgan fingerprint density at radius 2 is 1.85 bits per heavy atom. The number of aromatic nitrogens is 2. The van der Waals surface area contributed by atoms with Crippen LogP contribution in [-0.2, 0) is 23.8 Å². The fourth-order valence-electron chi connectivity index (χ4n) is 3.60. The first-order valence-corrected chi connectivity index (χ1v) is 11.3. The predicted molar refractivity (Wildman–Crippen MR) is 122 cm³/mol. The average Bonchev–Trinajstić information content (AvgIpc) is 3.35. The molecule has 9 heteroatoms. The molecule has 1 N–H and O–H groups in total. The van der Waals surface area contributed by atoms with Gasteiger partial charge in [-0.2, -0.15) is 13.2 Å². The van der Waals surface area contributed by atoms with Crippen LogP contribution in [0.3, 0.4) is 0 Å². The van der Waals surface area contributed by atoms with Gasteiger partial charge in [0, 0.05) is 34.5 Å². The molecule has 0 radical (unpaired) electrons. The minimum Gasteiger partial charge on any atom is -0.356 e. The summed E-state index contributed by atoms with van der Waals surface area (Å²) in [4.78, 5) is 17.1. The molecular formula is C24H22F3N3O2S. The SMILES string of the molecule is CC(=O)Nc1ccc2c(CCc3sc(-c4ccc(C(F)(F)F)cc4)nc3C(C)C)noc2c1. The molecular weight excluding hydrogens is 451 g/mol. The van der Waals surface area contributed by atoms with Gasteiger partial charge < -0.3 is 9.84 Å². The van der Waals surface area contributed by atoms with Crippen molar-refractivity contribution in [1.82, 2.24) is 10.1 Å². The van der Waals surface area contributed by atoms with E-state index >= 15 is 0 Å². The molecule has 33 heavy (non-hydrogen) atoms. The topological polar surface area (TPSA) is 68.0 Å². The molecule has 5 nitrogen and oxygen atoms in total. The highest BCUT2D eigenvalue weighted by molar-refractivity contribution is 7.15. The van der Waals surface area contributed by atoms with E-state index in [0.717, 1.165) is 33.8 Å². The van der Waals surface area contributed by atoms with Crippen molar-refractivity contribution in [1.29, 1.82) is 0 Å². The highest BCUT2D eigenvalue weighted by Crippen LogP contribution is 2.35. The van der Waals surface area contributed by atoms with Crippen LogP contribution >= 0.6 is 11.3 Å². The van der Waals surface area contributed by atoms with Gasteiger partial charge in [0.1, 0.15) is 5.01 Å². The number of nitrogens with zero attached hydrogens (tertiary/aromatic N) is 2. The maximum atomic E-state index is 12.9. The number of hydrogen-bond donors (Lipinski definition) is 1. The number of carbonyl (C=O) groups excluding carboxylic acids is 1. The first-order chi connectivity index (χ1) is 15.6. The summed E-state index contributed by atoms with van der Waals surface area (Å²) in [6, 6.07) is 10.5. The molecule has 0 saturated carbocycles. The highest BCUT2D eigenvalue weighted by Gasteiger charge is 2.30. The van der Waals surface area contributed by atoms with E-state index in [9.17, 15) is 18.0 Å². The van der Waals surface area contributed by atoms with Crippen molar-refractivity contribution >= 4 is 33.9 Å². The van der Waals surface area contributed by atoms with Crippen LogP contribution in [0.5, 0.6) is 0 Å². The fourth-order valence-corrected chi connectivity index (χ4v) is 4.82. The summed E-state index contributed by atoms with van der Waals surface area (Å²) in [5.74, 6) is 0.0121. The number of hydrogen-bond acceptors (Lipinski definition) is 5. The number of anilines is 1. The first-order valence-electron chi connectivity index (χ1n) is 10.4. The molecule has 172 valence electrons. The van der Waals surface area contributed by atoms with Gasteiger partial charge in [-0.25, -0.2) is 4.98 Å². The molecule has 0 bridgehead atoms. The van der Waals surface area contributed by atoms with Gasteiger partial charge >= 0.3 is 6.18 Å². The Bertz CT molecular complexity index is 1290. The van der Waals surface area contributed by atoms with Crippen LogP contribution in [0.25, 0.3) is 21.5 Å². The molecule has 0 spiro atoms. The van der Waals surface area contributed by atoms with Crippen molar-refractivity contribution in [3.05, 3.63) is 64.3 Å². The summed E-state index contributed by atoms with van der Waals surface area (Å²) in [6.45, 7) is 5.53. The van der Waals surface area contributed by atoms with E-state index in [4.69, 9.17) is 9.51 Å². The number of carbonyl (C=O) groups is 1. The lowest BCUT2D eigenvalue weighted by Gasteiger charge is -2.06. The lowest BCUT2D eigenvalue weighted by Crippen LogP contribution is -2.05. The second kappa shape index (κ2) is 8.97. The van der Waals surface area contributed by atoms with Crippen molar-refractivity contribution in [2.75, 3.05) is 5.32 Å². The van der Waals surface area contributed by atoms with Gasteiger partial charge in [-0.1, -0.05) is 31.1 Å². The lowest BCUT2D eigenvalue weighted by atomic mass is 10.1. The van der Waals surface area contributed by atoms with Crippen LogP contribution in [0.1, 0.15) is 48.5 Å². The van der Waals surface area contributed by atoms with Gasteiger partial charge in [-0.3, -0.25) is 4.79 Å². The van der Waals surface area contributed by atoms with Gasteiger partial charge in [0.2, 0.25) is 5.91 Å². The molecule has 2 heterocycles. The summed E-state index contributed by atoms with van der Waals surface area (Å²) in [6.07, 6.45) is -3.05. The van der Waals surface area contributed by atoms with E-state index in [2.05, 4.69) is 10.5 Å². The largest absolute Gasteiger partial charge is 0.416 e. The van der Waals surface area contributed by atoms with Gasteiger partial charge in [-0.05, 0) is 43.0 Å². The van der Waals surface area contributed by atoms with Crippen LogP contribution in [0, 0.1) is 0 Å². The van der Waals surface area contributed by atoms with Crippen molar-refractivity contribution < 1.29 is 22.5 Å². The Balaban J connectivity index is 1.56. The molecule has 0 atom stereocenters. The molecule has 0 aliphatic heterocycles. The number of benzene rings is 2. The number of fused-ring (bicyclic) bond motifs is 1. The number of thiazole rings is 1. The molecule has 0 unspecified atom stereocenters. The fraction of sp³-hybridized carbons (Fsp3) is 0.292. The lowest BCUT2D eigenvalue weighted by molar-refractivity contribution is -0.137. The Morgan fingerprint density at radius 3 is 2.48 bits per heavy atom. The zero-order chi connectivity index (χ0) is 23.8. The quantitative estimate of drug-likeness (QED) is 0.333. The molecule has 0 aliphatic carbocycles. The van der Waals surface area contributed by atoms with E-state index in [1.807, 2.05) is 19.9 Å². The Labute approximate surface area is 192 Å². The monoisotopic (exact) mass is 473 g/mol. The molecule has 1 amide bonds. The van der Waals surface area contributed by atoms with E-state index in [1.165, 1.54) is 30.4 Å². The van der Waals surface area contributed by atoms with E-state index in [0.29, 0.717) is 34.7 Å². The smallest absolute Gasteiger partial charge is 0.356 e. The highest BCUT2D eigenvalue weighted by atomic mass is 32.1. The maximum absolute atomic E-state index is 12.9. The molecule has 0 saturated heterocycles. The summed E-state index contributed by atoms with van der Waals surface area (Å²) >= 11 is 1.49. The van der Waals surface area contributed by atoms with Crippen LogP contribution < -0.4 is 5.32 Å². The van der Waals surface area contributed by atoms with E-state index in [1.54, 1.807) is 12.1 Å². The Kier molecular flexibility index (Phi) is 6.25. The maximum Gasteiger partial charge on any atom is 0.416 e. The molecule has 2 aromatic heterocycles. The molecule has 0 fully saturated rings. The van der Waals surface area contributed by atoms with Crippen molar-refractivity contribution in [3.8, 4) is 10.6 Å². The normalized spacial score (nSPS) is 12.0. The summed E-state index contributed by atoms with van der Waals surface area (Å²) in [5.41, 5.74) is 2.97. The molecule has 0 aliphatic rings. The molecule has 4 aromatic rings. The van der Waals surface area contributed by atoms with Gasteiger partial charge in [0.25, 0.3) is 0 Å². The van der Waals surface area contributed by atoms with Crippen molar-refractivity contribution in [2.24, 2.45) is 0 Å². The minimum absolute atomic E-state index is 0.163. The summed E-state index contributed by atoms with van der Waals surface area (Å²) in [7, 11) is 0. The van der Waals surface area contributed by atoms with Crippen LogP contribution in [-0.4, -0.2) is 16.0 Å². The zero-order valence-corrected chi connectivity index (χ0v) is 19.1. The number of amides is 1. The predicted octanol–water partition coefficient (Wildman–Crippen LogP) is 6.84. The average molecular weight is 474 g/mol. The van der Waals surface area contributed by atoms with Crippen molar-refractivity contribution in [2.45, 2.75) is 45.7 Å².